The number of aliphatic carboxylic acids is 1. The molecule has 3 nitrogen and oxygen atoms in total. The molecule has 0 saturated heterocycles. The van der Waals surface area contributed by atoms with E-state index < -0.39 is 11.9 Å². The Bertz CT molecular complexity index is 590. The fraction of sp³-hybridized carbons (Fsp3) is 0.235. The smallest absolute Gasteiger partial charge is 0.307 e. The summed E-state index contributed by atoms with van der Waals surface area (Å²) in [5, 5.41) is 18.3. The van der Waals surface area contributed by atoms with Crippen molar-refractivity contribution in [1.29, 1.82) is 0 Å². The number of halogens is 1. The lowest BCUT2D eigenvalue weighted by Gasteiger charge is -2.13. The van der Waals surface area contributed by atoms with Crippen LogP contribution in [-0.2, 0) is 24.2 Å². The molecule has 0 aliphatic carbocycles. The van der Waals surface area contributed by atoms with Crippen LogP contribution in [-0.4, -0.2) is 16.2 Å². The number of carbonyl (C=O) groups is 1. The summed E-state index contributed by atoms with van der Waals surface area (Å²) in [5.41, 5.74) is 2.50. The Balaban J connectivity index is 2.07. The second kappa shape index (κ2) is 6.99. The fourth-order valence-electron chi connectivity index (χ4n) is 2.22. The molecule has 0 saturated carbocycles. The Morgan fingerprint density at radius 2 is 1.33 bits per heavy atom. The molecule has 2 aromatic carbocycles. The number of hydrogen-bond donors (Lipinski definition) is 2. The predicted molar refractivity (Wildman–Crippen MR) is 77.3 cm³/mol. The monoisotopic (exact) mass is 288 g/mol. The van der Waals surface area contributed by atoms with Crippen LogP contribution in [0.5, 0.6) is 0 Å². The van der Waals surface area contributed by atoms with Gasteiger partial charge in [0.2, 0.25) is 0 Å². The van der Waals surface area contributed by atoms with Gasteiger partial charge in [-0.2, -0.15) is 0 Å². The zero-order chi connectivity index (χ0) is 15.2. The molecule has 1 unspecified atom stereocenters. The largest absolute Gasteiger partial charge is 0.481 e. The highest BCUT2D eigenvalue weighted by Crippen LogP contribution is 2.16. The van der Waals surface area contributed by atoms with Crippen LogP contribution in [0.2, 0.25) is 0 Å². The highest BCUT2D eigenvalue weighted by molar-refractivity contribution is 5.70. The van der Waals surface area contributed by atoms with Gasteiger partial charge in [-0.25, -0.2) is 4.39 Å². The average Bonchev–Trinajstić information content (AvgIpc) is 2.49. The molecule has 1 atom stereocenters. The molecule has 2 rings (SSSR count). The van der Waals surface area contributed by atoms with Crippen molar-refractivity contribution >= 4 is 5.97 Å². The van der Waals surface area contributed by atoms with Crippen LogP contribution in [0.4, 0.5) is 4.39 Å². The van der Waals surface area contributed by atoms with Gasteiger partial charge in [0.05, 0.1) is 12.5 Å². The van der Waals surface area contributed by atoms with Gasteiger partial charge >= 0.3 is 5.97 Å². The van der Waals surface area contributed by atoms with Crippen LogP contribution >= 0.6 is 0 Å². The topological polar surface area (TPSA) is 57.5 Å². The van der Waals surface area contributed by atoms with Crippen molar-refractivity contribution in [2.45, 2.75) is 19.4 Å². The predicted octanol–water partition coefficient (Wildman–Crippen LogP) is 2.80. The maximum absolute atomic E-state index is 12.9. The van der Waals surface area contributed by atoms with Crippen LogP contribution < -0.4 is 0 Å². The Morgan fingerprint density at radius 3 is 1.76 bits per heavy atom. The molecule has 110 valence electrons. The van der Waals surface area contributed by atoms with E-state index in [4.69, 9.17) is 5.11 Å². The van der Waals surface area contributed by atoms with Gasteiger partial charge in [0, 0.05) is 0 Å². The van der Waals surface area contributed by atoms with Crippen molar-refractivity contribution in [2.24, 2.45) is 5.92 Å². The van der Waals surface area contributed by atoms with E-state index in [2.05, 4.69) is 0 Å². The van der Waals surface area contributed by atoms with E-state index in [1.54, 1.807) is 24.3 Å². The van der Waals surface area contributed by atoms with Crippen LogP contribution in [0.25, 0.3) is 0 Å². The van der Waals surface area contributed by atoms with E-state index in [0.717, 1.165) is 16.7 Å². The summed E-state index contributed by atoms with van der Waals surface area (Å²) >= 11 is 0. The maximum Gasteiger partial charge on any atom is 0.307 e. The van der Waals surface area contributed by atoms with Gasteiger partial charge < -0.3 is 10.2 Å². The number of carboxylic acid groups (broad SMARTS) is 1. The third-order valence-electron chi connectivity index (χ3n) is 3.43. The molecule has 2 aromatic rings. The number of carboxylic acids is 1. The average molecular weight is 288 g/mol. The molecule has 0 fully saturated rings. The normalized spacial score (nSPS) is 12.1. The number of aliphatic hydroxyl groups excluding tert-OH is 1. The third-order valence-corrected chi connectivity index (χ3v) is 3.43. The molecule has 0 bridgehead atoms. The lowest BCUT2D eigenvalue weighted by molar-refractivity contribution is -0.141. The summed E-state index contributed by atoms with van der Waals surface area (Å²) < 4.78 is 12.9. The SMILES string of the molecule is O=C(O)C(Cc1ccc(F)cc1)Cc1ccc(CO)cc1. The molecule has 0 aliphatic rings. The van der Waals surface area contributed by atoms with Crippen LogP contribution in [0.1, 0.15) is 16.7 Å². The van der Waals surface area contributed by atoms with E-state index >= 15 is 0 Å². The molecule has 0 aliphatic heterocycles. The first-order valence-corrected chi connectivity index (χ1v) is 6.74. The molecule has 2 N–H and O–H groups in total. The number of rotatable bonds is 6. The number of hydrogen-bond acceptors (Lipinski definition) is 2. The first-order valence-electron chi connectivity index (χ1n) is 6.74. The second-order valence-corrected chi connectivity index (χ2v) is 5.04. The van der Waals surface area contributed by atoms with E-state index in [0.29, 0.717) is 12.8 Å². The maximum atomic E-state index is 12.9. The van der Waals surface area contributed by atoms with Gasteiger partial charge in [0.25, 0.3) is 0 Å². The minimum Gasteiger partial charge on any atom is -0.481 e. The summed E-state index contributed by atoms with van der Waals surface area (Å²) in [4.78, 5) is 11.4. The van der Waals surface area contributed by atoms with Crippen molar-refractivity contribution in [3.05, 3.63) is 71.0 Å². The molecule has 0 amide bonds. The second-order valence-electron chi connectivity index (χ2n) is 5.04. The van der Waals surface area contributed by atoms with Crippen LogP contribution in [0.3, 0.4) is 0 Å². The van der Waals surface area contributed by atoms with Crippen molar-refractivity contribution in [2.75, 3.05) is 0 Å². The van der Waals surface area contributed by atoms with Gasteiger partial charge in [0.15, 0.2) is 0 Å². The summed E-state index contributed by atoms with van der Waals surface area (Å²) in [7, 11) is 0. The number of aliphatic hydroxyl groups is 1. The summed E-state index contributed by atoms with van der Waals surface area (Å²) in [6, 6.07) is 13.1. The standard InChI is InChI=1S/C17H17FO3/c18-16-7-5-13(6-8-16)10-15(17(20)21)9-12-1-3-14(11-19)4-2-12/h1-8,15,19H,9-11H2,(H,20,21). The third kappa shape index (κ3) is 4.39. The summed E-state index contributed by atoms with van der Waals surface area (Å²) in [5.74, 6) is -1.76. The molecule has 0 heterocycles. The summed E-state index contributed by atoms with van der Waals surface area (Å²) in [6.07, 6.45) is 0.760. The quantitative estimate of drug-likeness (QED) is 0.859. The Hall–Kier alpha value is -2.20. The van der Waals surface area contributed by atoms with Crippen molar-refractivity contribution in [3.63, 3.8) is 0 Å². The zero-order valence-electron chi connectivity index (χ0n) is 11.5. The first-order chi connectivity index (χ1) is 10.1. The molecule has 0 aromatic heterocycles. The Kier molecular flexibility index (Phi) is 5.06. The minimum absolute atomic E-state index is 0.0295. The van der Waals surface area contributed by atoms with Gasteiger partial charge in [-0.05, 0) is 41.7 Å². The minimum atomic E-state index is -0.870. The van der Waals surface area contributed by atoms with E-state index in [1.165, 1.54) is 12.1 Å². The fourth-order valence-corrected chi connectivity index (χ4v) is 2.22. The molecule has 0 spiro atoms. The van der Waals surface area contributed by atoms with Crippen LogP contribution in [0, 0.1) is 11.7 Å². The number of benzene rings is 2. The molecule has 4 heteroatoms. The molecule has 0 radical (unpaired) electrons. The van der Waals surface area contributed by atoms with E-state index in [9.17, 15) is 14.3 Å². The Morgan fingerprint density at radius 1 is 0.905 bits per heavy atom. The summed E-state index contributed by atoms with van der Waals surface area (Å²) in [6.45, 7) is -0.0295. The van der Waals surface area contributed by atoms with Gasteiger partial charge in [-0.15, -0.1) is 0 Å². The van der Waals surface area contributed by atoms with E-state index in [1.807, 2.05) is 12.1 Å². The van der Waals surface area contributed by atoms with E-state index in [-0.39, 0.29) is 12.4 Å². The molecular formula is C17H17FO3. The first kappa shape index (κ1) is 15.2. The lowest BCUT2D eigenvalue weighted by atomic mass is 9.92. The molecule has 21 heavy (non-hydrogen) atoms. The van der Waals surface area contributed by atoms with Crippen molar-refractivity contribution in [1.82, 2.24) is 0 Å². The van der Waals surface area contributed by atoms with Gasteiger partial charge in [-0.1, -0.05) is 36.4 Å². The van der Waals surface area contributed by atoms with Gasteiger partial charge in [0.1, 0.15) is 5.82 Å². The highest BCUT2D eigenvalue weighted by Gasteiger charge is 2.18. The lowest BCUT2D eigenvalue weighted by Crippen LogP contribution is -2.19. The van der Waals surface area contributed by atoms with Crippen molar-refractivity contribution in [3.8, 4) is 0 Å². The zero-order valence-corrected chi connectivity index (χ0v) is 11.5. The highest BCUT2D eigenvalue weighted by atomic mass is 19.1. The Labute approximate surface area is 122 Å². The molecular weight excluding hydrogens is 271 g/mol. The van der Waals surface area contributed by atoms with Gasteiger partial charge in [-0.3, -0.25) is 4.79 Å². The van der Waals surface area contributed by atoms with Crippen molar-refractivity contribution < 1.29 is 19.4 Å². The van der Waals surface area contributed by atoms with Crippen LogP contribution in [0.15, 0.2) is 48.5 Å².